The first-order chi connectivity index (χ1) is 9.58. The Balaban J connectivity index is 2.41. The summed E-state index contributed by atoms with van der Waals surface area (Å²) in [5.74, 6) is -0.0988. The van der Waals surface area contributed by atoms with E-state index in [1.807, 2.05) is 6.07 Å². The smallest absolute Gasteiger partial charge is 0.260 e. The summed E-state index contributed by atoms with van der Waals surface area (Å²) in [4.78, 5) is 14.9. The summed E-state index contributed by atoms with van der Waals surface area (Å²) >= 11 is 5.92. The molecule has 0 aliphatic heterocycles. The third-order valence-electron chi connectivity index (χ3n) is 3.17. The highest BCUT2D eigenvalue weighted by Gasteiger charge is 2.14. The Labute approximate surface area is 119 Å². The van der Waals surface area contributed by atoms with Gasteiger partial charge in [-0.2, -0.15) is 0 Å². The van der Waals surface area contributed by atoms with Gasteiger partial charge in [-0.3, -0.25) is 4.79 Å². The predicted octanol–water partition coefficient (Wildman–Crippen LogP) is 3.14. The van der Waals surface area contributed by atoms with Crippen molar-refractivity contribution in [1.82, 2.24) is 4.98 Å². The molecule has 100 valence electrons. The minimum Gasteiger partial charge on any atom is -0.506 e. The number of hydrogen-bond donors (Lipinski definition) is 3. The number of anilines is 1. The van der Waals surface area contributed by atoms with Gasteiger partial charge in [0.15, 0.2) is 0 Å². The Morgan fingerprint density at radius 2 is 1.85 bits per heavy atom. The summed E-state index contributed by atoms with van der Waals surface area (Å²) in [6.45, 7) is 0. The summed E-state index contributed by atoms with van der Waals surface area (Å²) < 4.78 is 0. The average Bonchev–Trinajstić information content (AvgIpc) is 2.43. The number of aromatic hydroxyl groups is 1. The van der Waals surface area contributed by atoms with Crippen molar-refractivity contribution in [3.8, 4) is 16.9 Å². The molecule has 20 heavy (non-hydrogen) atoms. The third-order valence-corrected chi connectivity index (χ3v) is 3.49. The monoisotopic (exact) mass is 286 g/mol. The summed E-state index contributed by atoms with van der Waals surface area (Å²) in [6.07, 6.45) is 0. The van der Waals surface area contributed by atoms with Crippen molar-refractivity contribution < 1.29 is 5.11 Å². The van der Waals surface area contributed by atoms with Crippen LogP contribution >= 0.6 is 11.6 Å². The van der Waals surface area contributed by atoms with E-state index in [0.717, 1.165) is 0 Å². The SMILES string of the molecule is Nc1cc2c(O)c(-c3ccccc3)c(=O)[nH]c2cc1Cl. The molecule has 0 spiro atoms. The molecular weight excluding hydrogens is 276 g/mol. The summed E-state index contributed by atoms with van der Waals surface area (Å²) in [5, 5.41) is 11.2. The normalized spacial score (nSPS) is 10.8. The topological polar surface area (TPSA) is 79.1 Å². The molecule has 3 aromatic rings. The Bertz CT molecular complexity index is 857. The lowest BCUT2D eigenvalue weighted by Crippen LogP contribution is -2.09. The summed E-state index contributed by atoms with van der Waals surface area (Å²) in [6, 6.07) is 12.0. The van der Waals surface area contributed by atoms with Gasteiger partial charge in [-0.1, -0.05) is 41.9 Å². The first-order valence-corrected chi connectivity index (χ1v) is 6.35. The highest BCUT2D eigenvalue weighted by atomic mass is 35.5. The fourth-order valence-corrected chi connectivity index (χ4v) is 2.35. The fourth-order valence-electron chi connectivity index (χ4n) is 2.19. The molecule has 1 aromatic heterocycles. The molecule has 0 unspecified atom stereocenters. The van der Waals surface area contributed by atoms with Crippen LogP contribution in [-0.2, 0) is 0 Å². The number of aromatic amines is 1. The highest BCUT2D eigenvalue weighted by Crippen LogP contribution is 2.34. The van der Waals surface area contributed by atoms with Crippen LogP contribution in [-0.4, -0.2) is 10.1 Å². The van der Waals surface area contributed by atoms with E-state index < -0.39 is 0 Å². The van der Waals surface area contributed by atoms with Gasteiger partial charge in [0.25, 0.3) is 5.56 Å². The molecule has 1 heterocycles. The molecule has 0 bridgehead atoms. The minimum atomic E-state index is -0.373. The van der Waals surface area contributed by atoms with Gasteiger partial charge in [0.2, 0.25) is 0 Å². The van der Waals surface area contributed by atoms with Crippen molar-refractivity contribution in [2.45, 2.75) is 0 Å². The lowest BCUT2D eigenvalue weighted by Gasteiger charge is -2.09. The largest absolute Gasteiger partial charge is 0.506 e. The number of halogens is 1. The molecule has 4 N–H and O–H groups in total. The standard InChI is InChI=1S/C15H11ClN2O2/c16-10-7-12-9(6-11(10)17)14(19)13(15(20)18-12)8-4-2-1-3-5-8/h1-7H,17H2,(H2,18,19,20). The molecule has 0 atom stereocenters. The van der Waals surface area contributed by atoms with Crippen LogP contribution in [0.2, 0.25) is 5.02 Å². The zero-order valence-corrected chi connectivity index (χ0v) is 11.1. The van der Waals surface area contributed by atoms with Crippen molar-refractivity contribution >= 4 is 28.2 Å². The molecule has 0 fully saturated rings. The molecule has 0 saturated heterocycles. The molecule has 0 aliphatic rings. The van der Waals surface area contributed by atoms with E-state index in [-0.39, 0.29) is 16.9 Å². The third kappa shape index (κ3) is 1.90. The number of nitrogens with two attached hydrogens (primary N) is 1. The molecule has 0 radical (unpaired) electrons. The van der Waals surface area contributed by atoms with E-state index in [9.17, 15) is 9.90 Å². The predicted molar refractivity (Wildman–Crippen MR) is 81.1 cm³/mol. The van der Waals surface area contributed by atoms with Crippen molar-refractivity contribution in [3.05, 3.63) is 57.8 Å². The zero-order chi connectivity index (χ0) is 14.3. The van der Waals surface area contributed by atoms with Gasteiger partial charge in [-0.25, -0.2) is 0 Å². The van der Waals surface area contributed by atoms with Gasteiger partial charge in [-0.15, -0.1) is 0 Å². The quantitative estimate of drug-likeness (QED) is 0.601. The zero-order valence-electron chi connectivity index (χ0n) is 10.4. The molecular formula is C15H11ClN2O2. The van der Waals surface area contributed by atoms with E-state index in [2.05, 4.69) is 4.98 Å². The van der Waals surface area contributed by atoms with Crippen molar-refractivity contribution in [2.75, 3.05) is 5.73 Å². The number of benzene rings is 2. The number of fused-ring (bicyclic) bond motifs is 1. The van der Waals surface area contributed by atoms with Crippen LogP contribution in [0.15, 0.2) is 47.3 Å². The van der Waals surface area contributed by atoms with Crippen molar-refractivity contribution in [2.24, 2.45) is 0 Å². The number of aromatic nitrogens is 1. The molecule has 3 rings (SSSR count). The van der Waals surface area contributed by atoms with Gasteiger partial charge in [0.1, 0.15) is 5.75 Å². The van der Waals surface area contributed by atoms with E-state index in [0.29, 0.717) is 27.2 Å². The van der Waals surface area contributed by atoms with E-state index in [4.69, 9.17) is 17.3 Å². The van der Waals surface area contributed by atoms with Crippen LogP contribution in [0, 0.1) is 0 Å². The summed E-state index contributed by atoms with van der Waals surface area (Å²) in [7, 11) is 0. The van der Waals surface area contributed by atoms with Gasteiger partial charge in [0, 0.05) is 5.39 Å². The molecule has 0 aliphatic carbocycles. The Hall–Kier alpha value is -2.46. The highest BCUT2D eigenvalue weighted by molar-refractivity contribution is 6.34. The molecule has 4 nitrogen and oxygen atoms in total. The maximum absolute atomic E-state index is 12.2. The Kier molecular flexibility index (Phi) is 2.88. The van der Waals surface area contributed by atoms with Crippen LogP contribution in [0.3, 0.4) is 0 Å². The molecule has 0 amide bonds. The fraction of sp³-hybridized carbons (Fsp3) is 0. The summed E-state index contributed by atoms with van der Waals surface area (Å²) in [5.41, 5.74) is 7.03. The number of hydrogen-bond acceptors (Lipinski definition) is 3. The lowest BCUT2D eigenvalue weighted by atomic mass is 10.0. The van der Waals surface area contributed by atoms with Crippen LogP contribution < -0.4 is 11.3 Å². The average molecular weight is 287 g/mol. The van der Waals surface area contributed by atoms with Crippen LogP contribution in [0.25, 0.3) is 22.0 Å². The van der Waals surface area contributed by atoms with Gasteiger partial charge < -0.3 is 15.8 Å². The second-order valence-corrected chi connectivity index (χ2v) is 4.87. The van der Waals surface area contributed by atoms with E-state index in [1.165, 1.54) is 6.07 Å². The molecule has 2 aromatic carbocycles. The van der Waals surface area contributed by atoms with Crippen LogP contribution in [0.4, 0.5) is 5.69 Å². The first kappa shape index (κ1) is 12.6. The minimum absolute atomic E-state index is 0.0988. The second kappa shape index (κ2) is 4.58. The first-order valence-electron chi connectivity index (χ1n) is 5.97. The number of H-pyrrole nitrogens is 1. The maximum atomic E-state index is 12.2. The lowest BCUT2D eigenvalue weighted by molar-refractivity contribution is 0.482. The Morgan fingerprint density at radius 3 is 2.55 bits per heavy atom. The van der Waals surface area contributed by atoms with E-state index in [1.54, 1.807) is 30.3 Å². The number of pyridine rings is 1. The van der Waals surface area contributed by atoms with Gasteiger partial charge in [-0.05, 0) is 17.7 Å². The molecule has 5 heteroatoms. The second-order valence-electron chi connectivity index (χ2n) is 4.46. The van der Waals surface area contributed by atoms with Gasteiger partial charge >= 0.3 is 0 Å². The maximum Gasteiger partial charge on any atom is 0.260 e. The molecule has 0 saturated carbocycles. The number of rotatable bonds is 1. The van der Waals surface area contributed by atoms with Gasteiger partial charge in [0.05, 0.1) is 21.8 Å². The number of nitrogen functional groups attached to an aromatic ring is 1. The number of nitrogens with one attached hydrogen (secondary N) is 1. The van der Waals surface area contributed by atoms with Crippen LogP contribution in [0.1, 0.15) is 0 Å². The van der Waals surface area contributed by atoms with Crippen molar-refractivity contribution in [3.63, 3.8) is 0 Å². The Morgan fingerprint density at radius 1 is 1.15 bits per heavy atom. The van der Waals surface area contributed by atoms with E-state index >= 15 is 0 Å². The van der Waals surface area contributed by atoms with Crippen LogP contribution in [0.5, 0.6) is 5.75 Å². The van der Waals surface area contributed by atoms with Crippen molar-refractivity contribution in [1.29, 1.82) is 0 Å².